The van der Waals surface area contributed by atoms with Gasteiger partial charge in [-0.05, 0) is 64.6 Å². The summed E-state index contributed by atoms with van der Waals surface area (Å²) in [4.78, 5) is 25.2. The van der Waals surface area contributed by atoms with Gasteiger partial charge in [0.15, 0.2) is 0 Å². The lowest BCUT2D eigenvalue weighted by Gasteiger charge is -2.39. The first-order valence-electron chi connectivity index (χ1n) is 11.3. The van der Waals surface area contributed by atoms with Crippen molar-refractivity contribution in [2.24, 2.45) is 5.92 Å². The zero-order valence-electron chi connectivity index (χ0n) is 18.5. The van der Waals surface area contributed by atoms with Gasteiger partial charge in [0.05, 0.1) is 5.92 Å². The number of amides is 1. The lowest BCUT2D eigenvalue weighted by molar-refractivity contribution is -0.170. The summed E-state index contributed by atoms with van der Waals surface area (Å²) in [5, 5.41) is 6.32. The number of carbonyl (C=O) groups is 2. The van der Waals surface area contributed by atoms with E-state index in [0.29, 0.717) is 0 Å². The Morgan fingerprint density at radius 2 is 1.73 bits per heavy atom. The van der Waals surface area contributed by atoms with Crippen molar-refractivity contribution in [3.63, 3.8) is 0 Å². The van der Waals surface area contributed by atoms with Gasteiger partial charge in [-0.2, -0.15) is 0 Å². The van der Waals surface area contributed by atoms with Crippen LogP contribution in [0.25, 0.3) is 0 Å². The highest BCUT2D eigenvalue weighted by atomic mass is 16.6. The van der Waals surface area contributed by atoms with Crippen LogP contribution >= 0.6 is 0 Å². The van der Waals surface area contributed by atoms with Crippen LogP contribution in [0.2, 0.25) is 0 Å². The maximum absolute atomic E-state index is 13.0. The molecule has 1 saturated carbocycles. The SMILES string of the molecule is CCC(C)(C)OC(=O)NC1CCC(C(=O)OC2(c3ccccc3)CCNCC2)CC1. The minimum Gasteiger partial charge on any atom is -0.454 e. The molecular formula is C24H36N2O4. The van der Waals surface area contributed by atoms with Gasteiger partial charge < -0.3 is 20.1 Å². The van der Waals surface area contributed by atoms with E-state index in [1.807, 2.05) is 39.0 Å². The van der Waals surface area contributed by atoms with Gasteiger partial charge in [0.2, 0.25) is 0 Å². The number of rotatable bonds is 6. The minimum absolute atomic E-state index is 0.0520. The van der Waals surface area contributed by atoms with E-state index >= 15 is 0 Å². The van der Waals surface area contributed by atoms with Crippen LogP contribution in [-0.2, 0) is 19.9 Å². The Balaban J connectivity index is 1.54. The average Bonchev–Trinajstić information content (AvgIpc) is 2.75. The molecule has 0 bridgehead atoms. The monoisotopic (exact) mass is 416 g/mol. The van der Waals surface area contributed by atoms with Gasteiger partial charge in [-0.25, -0.2) is 4.79 Å². The zero-order chi connectivity index (χ0) is 21.6. The van der Waals surface area contributed by atoms with E-state index in [1.54, 1.807) is 0 Å². The summed E-state index contributed by atoms with van der Waals surface area (Å²) < 4.78 is 11.7. The summed E-state index contributed by atoms with van der Waals surface area (Å²) in [6, 6.07) is 10.2. The molecule has 2 fully saturated rings. The molecule has 0 atom stereocenters. The van der Waals surface area contributed by atoms with Crippen molar-refractivity contribution in [2.45, 2.75) is 83.0 Å². The number of hydrogen-bond acceptors (Lipinski definition) is 5. The first kappa shape index (κ1) is 22.6. The second-order valence-electron chi connectivity index (χ2n) is 9.23. The molecule has 1 aromatic rings. The molecule has 2 N–H and O–H groups in total. The molecule has 1 amide bonds. The van der Waals surface area contributed by atoms with Gasteiger partial charge in [-0.15, -0.1) is 0 Å². The van der Waals surface area contributed by atoms with Crippen LogP contribution < -0.4 is 10.6 Å². The molecule has 1 saturated heterocycles. The lowest BCUT2D eigenvalue weighted by atomic mass is 9.83. The van der Waals surface area contributed by atoms with Crippen LogP contribution in [0.5, 0.6) is 0 Å². The molecule has 166 valence electrons. The molecule has 0 spiro atoms. The molecule has 0 radical (unpaired) electrons. The zero-order valence-corrected chi connectivity index (χ0v) is 18.5. The lowest BCUT2D eigenvalue weighted by Crippen LogP contribution is -2.45. The second-order valence-corrected chi connectivity index (χ2v) is 9.23. The number of carbonyl (C=O) groups excluding carboxylic acids is 2. The fourth-order valence-corrected chi connectivity index (χ4v) is 4.29. The van der Waals surface area contributed by atoms with Gasteiger partial charge in [0.1, 0.15) is 11.2 Å². The Kier molecular flexibility index (Phi) is 7.40. The largest absolute Gasteiger partial charge is 0.454 e. The van der Waals surface area contributed by atoms with E-state index in [0.717, 1.165) is 63.6 Å². The van der Waals surface area contributed by atoms with Crippen molar-refractivity contribution in [3.8, 4) is 0 Å². The Morgan fingerprint density at radius 3 is 2.33 bits per heavy atom. The van der Waals surface area contributed by atoms with Crippen LogP contribution in [0, 0.1) is 5.92 Å². The molecule has 0 aromatic heterocycles. The molecule has 1 heterocycles. The average molecular weight is 417 g/mol. The van der Waals surface area contributed by atoms with E-state index in [2.05, 4.69) is 22.8 Å². The molecule has 1 aliphatic carbocycles. The normalized spacial score (nSPS) is 24.0. The van der Waals surface area contributed by atoms with Crippen LogP contribution in [0.15, 0.2) is 30.3 Å². The maximum Gasteiger partial charge on any atom is 0.407 e. The summed E-state index contributed by atoms with van der Waals surface area (Å²) in [7, 11) is 0. The Labute approximate surface area is 180 Å². The highest BCUT2D eigenvalue weighted by molar-refractivity contribution is 5.73. The van der Waals surface area contributed by atoms with Gasteiger partial charge in [-0.3, -0.25) is 4.79 Å². The summed E-state index contributed by atoms with van der Waals surface area (Å²) in [5.41, 5.74) is 0.0800. The summed E-state index contributed by atoms with van der Waals surface area (Å²) in [6.45, 7) is 7.49. The molecule has 1 aliphatic heterocycles. The smallest absolute Gasteiger partial charge is 0.407 e. The highest BCUT2D eigenvalue weighted by Gasteiger charge is 2.40. The predicted octanol–water partition coefficient (Wildman–Crippen LogP) is 4.28. The van der Waals surface area contributed by atoms with Crippen LogP contribution in [0.1, 0.15) is 71.3 Å². The summed E-state index contributed by atoms with van der Waals surface area (Å²) in [5.74, 6) is -0.212. The van der Waals surface area contributed by atoms with Gasteiger partial charge in [0, 0.05) is 18.9 Å². The van der Waals surface area contributed by atoms with Gasteiger partial charge in [-0.1, -0.05) is 37.3 Å². The topological polar surface area (TPSA) is 76.7 Å². The van der Waals surface area contributed by atoms with Crippen molar-refractivity contribution in [1.29, 1.82) is 0 Å². The molecule has 6 heteroatoms. The second kappa shape index (κ2) is 9.82. The first-order chi connectivity index (χ1) is 14.3. The third-order valence-electron chi connectivity index (χ3n) is 6.61. The van der Waals surface area contributed by atoms with E-state index in [9.17, 15) is 9.59 Å². The molecule has 0 unspecified atom stereocenters. The van der Waals surface area contributed by atoms with Crippen molar-refractivity contribution < 1.29 is 19.1 Å². The van der Waals surface area contributed by atoms with Crippen LogP contribution in [-0.4, -0.2) is 36.8 Å². The number of hydrogen-bond donors (Lipinski definition) is 2. The summed E-state index contributed by atoms with van der Waals surface area (Å²) in [6.07, 6.45) is 4.96. The molecule has 3 rings (SSSR count). The third kappa shape index (κ3) is 5.75. The fraction of sp³-hybridized carbons (Fsp3) is 0.667. The van der Waals surface area contributed by atoms with Gasteiger partial charge >= 0.3 is 12.1 Å². The summed E-state index contributed by atoms with van der Waals surface area (Å²) >= 11 is 0. The third-order valence-corrected chi connectivity index (χ3v) is 6.61. The standard InChI is InChI=1S/C24H36N2O4/c1-4-23(2,3)30-22(28)26-20-12-10-18(11-13-20)21(27)29-24(14-16-25-17-15-24)19-8-6-5-7-9-19/h5-9,18,20,25H,4,10-17H2,1-3H3,(H,26,28). The van der Waals surface area contributed by atoms with Crippen LogP contribution in [0.3, 0.4) is 0 Å². The van der Waals surface area contributed by atoms with Crippen molar-refractivity contribution in [3.05, 3.63) is 35.9 Å². The maximum atomic E-state index is 13.0. The predicted molar refractivity (Wildman–Crippen MR) is 116 cm³/mol. The highest BCUT2D eigenvalue weighted by Crippen LogP contribution is 2.37. The number of esters is 1. The molecular weight excluding hydrogens is 380 g/mol. The molecule has 30 heavy (non-hydrogen) atoms. The fourth-order valence-electron chi connectivity index (χ4n) is 4.29. The molecule has 6 nitrogen and oxygen atoms in total. The Hall–Kier alpha value is -2.08. The van der Waals surface area contributed by atoms with Crippen molar-refractivity contribution in [1.82, 2.24) is 10.6 Å². The van der Waals surface area contributed by atoms with E-state index in [4.69, 9.17) is 9.47 Å². The number of piperidine rings is 1. The first-order valence-corrected chi connectivity index (χ1v) is 11.3. The number of ether oxygens (including phenoxy) is 2. The van der Waals surface area contributed by atoms with Crippen LogP contribution in [0.4, 0.5) is 4.79 Å². The Morgan fingerprint density at radius 1 is 1.10 bits per heavy atom. The quantitative estimate of drug-likeness (QED) is 0.677. The molecule has 1 aromatic carbocycles. The van der Waals surface area contributed by atoms with E-state index in [-0.39, 0.29) is 24.0 Å². The Bertz CT molecular complexity index is 705. The molecule has 2 aliphatic rings. The number of benzene rings is 1. The van der Waals surface area contributed by atoms with E-state index < -0.39 is 11.2 Å². The number of nitrogens with one attached hydrogen (secondary N) is 2. The van der Waals surface area contributed by atoms with Crippen molar-refractivity contribution in [2.75, 3.05) is 13.1 Å². The minimum atomic E-state index is -0.533. The van der Waals surface area contributed by atoms with Crippen molar-refractivity contribution >= 4 is 12.1 Å². The number of alkyl carbamates (subject to hydrolysis) is 1. The van der Waals surface area contributed by atoms with Gasteiger partial charge in [0.25, 0.3) is 0 Å². The van der Waals surface area contributed by atoms with E-state index in [1.165, 1.54) is 0 Å².